The number of nitrogens with zero attached hydrogens (tertiary/aromatic N) is 1. The third-order valence-corrected chi connectivity index (χ3v) is 3.86. The molecule has 0 aliphatic carbocycles. The zero-order chi connectivity index (χ0) is 11.7. The second kappa shape index (κ2) is 4.40. The van der Waals surface area contributed by atoms with Crippen molar-refractivity contribution in [2.45, 2.75) is 25.2 Å². The molecule has 1 N–H and O–H groups in total. The van der Waals surface area contributed by atoms with Gasteiger partial charge >= 0.3 is 0 Å². The molecule has 3 rings (SSSR count). The van der Waals surface area contributed by atoms with E-state index in [2.05, 4.69) is 29.6 Å². The Hall–Kier alpha value is -1.51. The lowest BCUT2D eigenvalue weighted by Crippen LogP contribution is -2.27. The molecule has 0 unspecified atom stereocenters. The molecule has 1 atom stereocenters. The van der Waals surface area contributed by atoms with Gasteiger partial charge in [0, 0.05) is 37.7 Å². The summed E-state index contributed by atoms with van der Waals surface area (Å²) in [5.41, 5.74) is 2.68. The summed E-state index contributed by atoms with van der Waals surface area (Å²) in [6, 6.07) is 8.50. The van der Waals surface area contributed by atoms with E-state index in [1.54, 1.807) is 0 Å². The minimum Gasteiger partial charge on any atom is -0.384 e. The predicted molar refractivity (Wildman–Crippen MR) is 68.1 cm³/mol. The lowest BCUT2D eigenvalue weighted by molar-refractivity contribution is -0.127. The highest BCUT2D eigenvalue weighted by molar-refractivity contribution is 5.78. The van der Waals surface area contributed by atoms with Crippen LogP contribution in [0.3, 0.4) is 0 Å². The van der Waals surface area contributed by atoms with Gasteiger partial charge in [-0.05, 0) is 24.5 Å². The Bertz CT molecular complexity index is 430. The van der Waals surface area contributed by atoms with Crippen molar-refractivity contribution in [2.24, 2.45) is 0 Å². The maximum absolute atomic E-state index is 11.5. The van der Waals surface area contributed by atoms with E-state index >= 15 is 0 Å². The standard InChI is InChI=1S/C14H18N2O/c17-14-6-3-8-16(14)9-7-11-10-15-13-5-2-1-4-12(11)13/h1-2,4-5,11,15H,3,6-10H2/t11-/m0/s1. The largest absolute Gasteiger partial charge is 0.384 e. The van der Waals surface area contributed by atoms with Gasteiger partial charge in [-0.3, -0.25) is 4.79 Å². The fourth-order valence-electron chi connectivity index (χ4n) is 2.87. The van der Waals surface area contributed by atoms with Crippen LogP contribution in [0.15, 0.2) is 24.3 Å². The van der Waals surface area contributed by atoms with Crippen LogP contribution in [0.1, 0.15) is 30.7 Å². The van der Waals surface area contributed by atoms with Gasteiger partial charge in [-0.25, -0.2) is 0 Å². The Labute approximate surface area is 102 Å². The average Bonchev–Trinajstić information content (AvgIpc) is 2.93. The molecule has 3 nitrogen and oxygen atoms in total. The van der Waals surface area contributed by atoms with Crippen LogP contribution >= 0.6 is 0 Å². The molecule has 0 radical (unpaired) electrons. The summed E-state index contributed by atoms with van der Waals surface area (Å²) in [4.78, 5) is 13.5. The first kappa shape index (κ1) is 10.6. The van der Waals surface area contributed by atoms with E-state index in [1.165, 1.54) is 11.3 Å². The topological polar surface area (TPSA) is 32.3 Å². The van der Waals surface area contributed by atoms with Crippen LogP contribution in [0.2, 0.25) is 0 Å². The zero-order valence-electron chi connectivity index (χ0n) is 9.98. The lowest BCUT2D eigenvalue weighted by Gasteiger charge is -2.18. The molecule has 17 heavy (non-hydrogen) atoms. The minimum absolute atomic E-state index is 0.337. The van der Waals surface area contributed by atoms with Gasteiger partial charge < -0.3 is 10.2 Å². The fraction of sp³-hybridized carbons (Fsp3) is 0.500. The smallest absolute Gasteiger partial charge is 0.222 e. The third-order valence-electron chi connectivity index (χ3n) is 3.86. The first-order valence-corrected chi connectivity index (χ1v) is 6.45. The number of benzene rings is 1. The van der Waals surface area contributed by atoms with Crippen molar-refractivity contribution >= 4 is 11.6 Å². The highest BCUT2D eigenvalue weighted by Crippen LogP contribution is 2.33. The van der Waals surface area contributed by atoms with Gasteiger partial charge in [-0.2, -0.15) is 0 Å². The molecule has 3 heteroatoms. The van der Waals surface area contributed by atoms with Crippen molar-refractivity contribution in [1.82, 2.24) is 4.90 Å². The summed E-state index contributed by atoms with van der Waals surface area (Å²) in [5, 5.41) is 3.43. The number of hydrogen-bond donors (Lipinski definition) is 1. The molecule has 2 aliphatic heterocycles. The van der Waals surface area contributed by atoms with E-state index in [0.29, 0.717) is 11.8 Å². The number of carbonyl (C=O) groups excluding carboxylic acids is 1. The summed E-state index contributed by atoms with van der Waals surface area (Å²) in [5.74, 6) is 0.906. The summed E-state index contributed by atoms with van der Waals surface area (Å²) in [6.07, 6.45) is 2.87. The van der Waals surface area contributed by atoms with Crippen molar-refractivity contribution in [3.8, 4) is 0 Å². The summed E-state index contributed by atoms with van der Waals surface area (Å²) in [7, 11) is 0. The van der Waals surface area contributed by atoms with Crippen LogP contribution in [-0.4, -0.2) is 30.4 Å². The highest BCUT2D eigenvalue weighted by Gasteiger charge is 2.25. The van der Waals surface area contributed by atoms with Crippen LogP contribution in [0.4, 0.5) is 5.69 Å². The normalized spacial score (nSPS) is 22.7. The van der Waals surface area contributed by atoms with E-state index in [0.717, 1.165) is 38.9 Å². The number of carbonyl (C=O) groups is 1. The fourth-order valence-corrected chi connectivity index (χ4v) is 2.87. The van der Waals surface area contributed by atoms with E-state index in [4.69, 9.17) is 0 Å². The van der Waals surface area contributed by atoms with Crippen molar-refractivity contribution in [1.29, 1.82) is 0 Å². The van der Waals surface area contributed by atoms with Crippen LogP contribution in [-0.2, 0) is 4.79 Å². The van der Waals surface area contributed by atoms with Crippen LogP contribution in [0.25, 0.3) is 0 Å². The van der Waals surface area contributed by atoms with E-state index < -0.39 is 0 Å². The minimum atomic E-state index is 0.337. The molecule has 0 spiro atoms. The van der Waals surface area contributed by atoms with Gasteiger partial charge in [0.15, 0.2) is 0 Å². The van der Waals surface area contributed by atoms with Gasteiger partial charge in [-0.15, -0.1) is 0 Å². The molecule has 1 fully saturated rings. The monoisotopic (exact) mass is 230 g/mol. The molecule has 2 heterocycles. The molecule has 1 saturated heterocycles. The van der Waals surface area contributed by atoms with Crippen LogP contribution < -0.4 is 5.32 Å². The Balaban J connectivity index is 1.62. The second-order valence-electron chi connectivity index (χ2n) is 4.94. The Kier molecular flexibility index (Phi) is 2.75. The number of hydrogen-bond acceptors (Lipinski definition) is 2. The molecule has 0 bridgehead atoms. The third kappa shape index (κ3) is 2.02. The van der Waals surface area contributed by atoms with Crippen LogP contribution in [0, 0.1) is 0 Å². The van der Waals surface area contributed by atoms with Gasteiger partial charge in [0.1, 0.15) is 0 Å². The number of likely N-dealkylation sites (tertiary alicyclic amines) is 1. The predicted octanol–water partition coefficient (Wildman–Crippen LogP) is 2.21. The van der Waals surface area contributed by atoms with Crippen molar-refractivity contribution in [3.63, 3.8) is 0 Å². The van der Waals surface area contributed by atoms with E-state index in [9.17, 15) is 4.79 Å². The Morgan fingerprint density at radius 2 is 2.24 bits per heavy atom. The second-order valence-corrected chi connectivity index (χ2v) is 4.94. The Morgan fingerprint density at radius 1 is 1.35 bits per heavy atom. The number of anilines is 1. The van der Waals surface area contributed by atoms with E-state index in [1.807, 2.05) is 4.90 Å². The van der Waals surface area contributed by atoms with Gasteiger partial charge in [0.2, 0.25) is 5.91 Å². The highest BCUT2D eigenvalue weighted by atomic mass is 16.2. The molecule has 0 aromatic heterocycles. The SMILES string of the molecule is O=C1CCCN1CC[C@H]1CNc2ccccc21. The van der Waals surface area contributed by atoms with Crippen molar-refractivity contribution in [3.05, 3.63) is 29.8 Å². The van der Waals surface area contributed by atoms with E-state index in [-0.39, 0.29) is 0 Å². The number of rotatable bonds is 3. The number of amides is 1. The molecule has 2 aliphatic rings. The van der Waals surface area contributed by atoms with Crippen molar-refractivity contribution < 1.29 is 4.79 Å². The number of fused-ring (bicyclic) bond motifs is 1. The van der Waals surface area contributed by atoms with Gasteiger partial charge in [0.25, 0.3) is 0 Å². The molecular weight excluding hydrogens is 212 g/mol. The quantitative estimate of drug-likeness (QED) is 0.863. The molecule has 1 aromatic carbocycles. The van der Waals surface area contributed by atoms with Crippen molar-refractivity contribution in [2.75, 3.05) is 25.0 Å². The lowest BCUT2D eigenvalue weighted by atomic mass is 9.98. The molecule has 90 valence electrons. The maximum atomic E-state index is 11.5. The first-order chi connectivity index (χ1) is 8.34. The molecule has 0 saturated carbocycles. The van der Waals surface area contributed by atoms with Gasteiger partial charge in [-0.1, -0.05) is 18.2 Å². The first-order valence-electron chi connectivity index (χ1n) is 6.45. The summed E-state index contributed by atoms with van der Waals surface area (Å²) < 4.78 is 0. The number of para-hydroxylation sites is 1. The molecular formula is C14H18N2O. The summed E-state index contributed by atoms with van der Waals surface area (Å²) >= 11 is 0. The maximum Gasteiger partial charge on any atom is 0.222 e. The Morgan fingerprint density at radius 3 is 3.06 bits per heavy atom. The van der Waals surface area contributed by atoms with Crippen LogP contribution in [0.5, 0.6) is 0 Å². The van der Waals surface area contributed by atoms with Gasteiger partial charge in [0.05, 0.1) is 0 Å². The number of nitrogens with one attached hydrogen (secondary N) is 1. The summed E-state index contributed by atoms with van der Waals surface area (Å²) in [6.45, 7) is 2.89. The molecule has 1 aromatic rings. The molecule has 1 amide bonds. The average molecular weight is 230 g/mol. The zero-order valence-corrected chi connectivity index (χ0v) is 9.98.